The summed E-state index contributed by atoms with van der Waals surface area (Å²) in [6, 6.07) is 0. The summed E-state index contributed by atoms with van der Waals surface area (Å²) in [6.45, 7) is 5.23. The van der Waals surface area contributed by atoms with E-state index in [1.54, 1.807) is 4.90 Å². The molecule has 0 unspecified atom stereocenters. The molecule has 1 heterocycles. The molecule has 13 heavy (non-hydrogen) atoms. The van der Waals surface area contributed by atoms with Gasteiger partial charge in [0.25, 0.3) is 5.92 Å². The van der Waals surface area contributed by atoms with Crippen molar-refractivity contribution in [2.45, 2.75) is 19.8 Å². The van der Waals surface area contributed by atoms with Gasteiger partial charge in [-0.25, -0.2) is 8.78 Å². The van der Waals surface area contributed by atoms with Crippen LogP contribution in [0, 0.1) is 5.92 Å². The number of nitrogens with zero attached hydrogens (tertiary/aromatic N) is 1. The van der Waals surface area contributed by atoms with E-state index in [-0.39, 0.29) is 6.54 Å². The zero-order valence-electron chi connectivity index (χ0n) is 8.22. The molecule has 0 aromatic rings. The molecule has 0 spiro atoms. The first kappa shape index (κ1) is 10.9. The number of ether oxygens (including phenoxy) is 1. The van der Waals surface area contributed by atoms with E-state index in [0.717, 1.165) is 6.54 Å². The number of alkyl halides is 2. The second-order valence-corrected chi connectivity index (χ2v) is 4.04. The molecular weight excluding hydrogens is 176 g/mol. The zero-order valence-corrected chi connectivity index (χ0v) is 8.22. The number of rotatable bonds is 2. The monoisotopic (exact) mass is 193 g/mol. The Morgan fingerprint density at radius 3 is 2.77 bits per heavy atom. The number of hydrogen-bond donors (Lipinski definition) is 0. The molecule has 0 N–H and O–H groups in total. The van der Waals surface area contributed by atoms with Crippen LogP contribution in [0.25, 0.3) is 0 Å². The van der Waals surface area contributed by atoms with E-state index in [9.17, 15) is 8.78 Å². The Balaban J connectivity index is 2.45. The molecule has 0 aromatic carbocycles. The fourth-order valence-electron chi connectivity index (χ4n) is 1.54. The summed E-state index contributed by atoms with van der Waals surface area (Å²) in [4.78, 5) is 1.78. The molecule has 4 heteroatoms. The van der Waals surface area contributed by atoms with Crippen molar-refractivity contribution in [2.75, 3.05) is 32.8 Å². The fourth-order valence-corrected chi connectivity index (χ4v) is 1.54. The number of halogens is 2. The maximum atomic E-state index is 13.0. The minimum absolute atomic E-state index is 0.162. The second kappa shape index (κ2) is 4.33. The van der Waals surface area contributed by atoms with Gasteiger partial charge in [-0.3, -0.25) is 4.90 Å². The third kappa shape index (κ3) is 4.00. The summed E-state index contributed by atoms with van der Waals surface area (Å²) in [5, 5.41) is 0. The quantitative estimate of drug-likeness (QED) is 0.660. The van der Waals surface area contributed by atoms with Gasteiger partial charge in [-0.15, -0.1) is 0 Å². The summed E-state index contributed by atoms with van der Waals surface area (Å²) in [6.07, 6.45) is 0. The van der Waals surface area contributed by atoms with Crippen LogP contribution in [-0.2, 0) is 4.74 Å². The van der Waals surface area contributed by atoms with Crippen LogP contribution in [0.5, 0.6) is 0 Å². The largest absolute Gasteiger partial charge is 0.374 e. The topological polar surface area (TPSA) is 12.5 Å². The van der Waals surface area contributed by atoms with Crippen molar-refractivity contribution in [1.29, 1.82) is 0 Å². The second-order valence-electron chi connectivity index (χ2n) is 4.04. The fraction of sp³-hybridized carbons (Fsp3) is 1.00. The Morgan fingerprint density at radius 1 is 1.46 bits per heavy atom. The highest BCUT2D eigenvalue weighted by atomic mass is 19.3. The first-order chi connectivity index (χ1) is 5.99. The van der Waals surface area contributed by atoms with E-state index >= 15 is 0 Å². The molecule has 0 radical (unpaired) electrons. The summed E-state index contributed by atoms with van der Waals surface area (Å²) in [5.74, 6) is -2.25. The Hall–Kier alpha value is -0.220. The van der Waals surface area contributed by atoms with E-state index in [1.165, 1.54) is 0 Å². The summed E-state index contributed by atoms with van der Waals surface area (Å²) in [7, 11) is 0. The lowest BCUT2D eigenvalue weighted by Crippen LogP contribution is -2.39. The highest BCUT2D eigenvalue weighted by Crippen LogP contribution is 2.18. The molecular formula is C9H17F2NO. The molecule has 0 atom stereocenters. The maximum Gasteiger partial charge on any atom is 0.283 e. The zero-order chi connectivity index (χ0) is 9.90. The van der Waals surface area contributed by atoms with Gasteiger partial charge in [0.1, 0.15) is 6.61 Å². The molecule has 1 fully saturated rings. The van der Waals surface area contributed by atoms with Crippen molar-refractivity contribution in [3.05, 3.63) is 0 Å². The molecule has 0 saturated carbocycles. The van der Waals surface area contributed by atoms with Gasteiger partial charge in [-0.1, -0.05) is 13.8 Å². The van der Waals surface area contributed by atoms with Crippen LogP contribution < -0.4 is 0 Å². The Kier molecular flexibility index (Phi) is 3.62. The van der Waals surface area contributed by atoms with Gasteiger partial charge >= 0.3 is 0 Å². The van der Waals surface area contributed by atoms with Crippen LogP contribution in [0.1, 0.15) is 13.8 Å². The molecule has 1 aliphatic rings. The Morgan fingerprint density at radius 2 is 2.15 bits per heavy atom. The van der Waals surface area contributed by atoms with Crippen molar-refractivity contribution in [3.63, 3.8) is 0 Å². The molecule has 1 saturated heterocycles. The van der Waals surface area contributed by atoms with Gasteiger partial charge in [0, 0.05) is 13.1 Å². The minimum Gasteiger partial charge on any atom is -0.374 e. The van der Waals surface area contributed by atoms with Crippen LogP contribution in [0.2, 0.25) is 0 Å². The lowest BCUT2D eigenvalue weighted by Gasteiger charge is -2.24. The summed E-state index contributed by atoms with van der Waals surface area (Å²) < 4.78 is 30.8. The van der Waals surface area contributed by atoms with E-state index < -0.39 is 12.5 Å². The molecule has 1 rings (SSSR count). The van der Waals surface area contributed by atoms with Gasteiger partial charge < -0.3 is 4.74 Å². The highest BCUT2D eigenvalue weighted by molar-refractivity contribution is 4.75. The third-order valence-corrected chi connectivity index (χ3v) is 1.94. The molecule has 0 bridgehead atoms. The Bertz CT molecular complexity index is 162. The van der Waals surface area contributed by atoms with Crippen molar-refractivity contribution in [1.82, 2.24) is 4.90 Å². The van der Waals surface area contributed by atoms with Gasteiger partial charge in [0.15, 0.2) is 0 Å². The molecule has 0 aliphatic carbocycles. The van der Waals surface area contributed by atoms with Crippen LogP contribution >= 0.6 is 0 Å². The first-order valence-corrected chi connectivity index (χ1v) is 4.67. The van der Waals surface area contributed by atoms with Gasteiger partial charge in [-0.2, -0.15) is 0 Å². The number of hydrogen-bond acceptors (Lipinski definition) is 2. The van der Waals surface area contributed by atoms with E-state index in [2.05, 4.69) is 0 Å². The highest BCUT2D eigenvalue weighted by Gasteiger charge is 2.34. The lowest BCUT2D eigenvalue weighted by molar-refractivity contribution is -0.0689. The van der Waals surface area contributed by atoms with E-state index in [1.807, 2.05) is 13.8 Å². The van der Waals surface area contributed by atoms with Crippen molar-refractivity contribution in [3.8, 4) is 0 Å². The molecule has 0 aromatic heterocycles. The average Bonchev–Trinajstić information content (AvgIpc) is 2.09. The maximum absolute atomic E-state index is 13.0. The van der Waals surface area contributed by atoms with E-state index in [0.29, 0.717) is 19.1 Å². The van der Waals surface area contributed by atoms with Crippen molar-refractivity contribution >= 4 is 0 Å². The molecule has 78 valence electrons. The molecule has 1 aliphatic heterocycles. The SMILES string of the molecule is CC(C)CN1CCOCC(F)(F)C1. The first-order valence-electron chi connectivity index (χ1n) is 4.67. The standard InChI is InChI=1S/C9H17F2NO/c1-8(2)5-12-3-4-13-7-9(10,11)6-12/h8H,3-7H2,1-2H3. The average molecular weight is 193 g/mol. The summed E-state index contributed by atoms with van der Waals surface area (Å²) in [5.41, 5.74) is 0. The third-order valence-electron chi connectivity index (χ3n) is 1.94. The molecule has 0 amide bonds. The van der Waals surface area contributed by atoms with Crippen LogP contribution in [-0.4, -0.2) is 43.7 Å². The van der Waals surface area contributed by atoms with Crippen molar-refractivity contribution < 1.29 is 13.5 Å². The van der Waals surface area contributed by atoms with Gasteiger partial charge in [0.05, 0.1) is 13.2 Å². The molecule has 2 nitrogen and oxygen atoms in total. The van der Waals surface area contributed by atoms with Gasteiger partial charge in [-0.05, 0) is 5.92 Å². The summed E-state index contributed by atoms with van der Waals surface area (Å²) >= 11 is 0. The Labute approximate surface area is 77.9 Å². The lowest BCUT2D eigenvalue weighted by atomic mass is 10.2. The predicted molar refractivity (Wildman–Crippen MR) is 47.0 cm³/mol. The predicted octanol–water partition coefficient (Wildman–Crippen LogP) is 1.61. The van der Waals surface area contributed by atoms with Crippen LogP contribution in [0.4, 0.5) is 8.78 Å². The normalized spacial score (nSPS) is 24.7. The minimum atomic E-state index is -2.68. The van der Waals surface area contributed by atoms with Crippen LogP contribution in [0.3, 0.4) is 0 Å². The van der Waals surface area contributed by atoms with Gasteiger partial charge in [0.2, 0.25) is 0 Å². The van der Waals surface area contributed by atoms with Crippen molar-refractivity contribution in [2.24, 2.45) is 5.92 Å². The van der Waals surface area contributed by atoms with E-state index in [4.69, 9.17) is 4.74 Å². The smallest absolute Gasteiger partial charge is 0.283 e. The van der Waals surface area contributed by atoms with Crippen LogP contribution in [0.15, 0.2) is 0 Å².